The summed E-state index contributed by atoms with van der Waals surface area (Å²) in [6.07, 6.45) is 5.19. The Kier molecular flexibility index (Phi) is 6.09. The van der Waals surface area contributed by atoms with Crippen LogP contribution in [0.15, 0.2) is 6.33 Å². The van der Waals surface area contributed by atoms with Gasteiger partial charge in [0.05, 0.1) is 0 Å². The molecular formula is C9H17N5O2. The molecule has 2 N–H and O–H groups in total. The Bertz CT molecular complexity index is 288. The summed E-state index contributed by atoms with van der Waals surface area (Å²) >= 11 is 0. The fourth-order valence-corrected chi connectivity index (χ4v) is 1.27. The molecule has 0 unspecified atom stereocenters. The van der Waals surface area contributed by atoms with E-state index in [4.69, 9.17) is 5.11 Å². The molecule has 0 spiro atoms. The molecule has 0 aliphatic carbocycles. The maximum absolute atomic E-state index is 11.3. The predicted octanol–water partition coefficient (Wildman–Crippen LogP) is -0.658. The highest BCUT2D eigenvalue weighted by Crippen LogP contribution is 1.97. The number of aromatic nitrogens is 4. The molecule has 0 bridgehead atoms. The van der Waals surface area contributed by atoms with Gasteiger partial charge in [-0.2, -0.15) is 0 Å². The Hall–Kier alpha value is -1.50. The molecule has 1 amide bonds. The number of nitrogens with zero attached hydrogens (tertiary/aromatic N) is 4. The van der Waals surface area contributed by atoms with Crippen molar-refractivity contribution in [3.8, 4) is 0 Å². The molecule has 0 aromatic carbocycles. The number of aliphatic hydroxyl groups excluding tert-OH is 1. The number of amides is 1. The minimum absolute atomic E-state index is 0.0885. The quantitative estimate of drug-likeness (QED) is 0.575. The standard InChI is InChI=1S/C9H17N5O2/c15-6-4-2-1-3-5-10-9(16)7-14-8-11-12-13-14/h8,15H,1-7H2,(H,10,16). The van der Waals surface area contributed by atoms with Crippen molar-refractivity contribution in [2.75, 3.05) is 13.2 Å². The zero-order valence-electron chi connectivity index (χ0n) is 9.17. The number of rotatable bonds is 8. The van der Waals surface area contributed by atoms with Gasteiger partial charge in [0.25, 0.3) is 0 Å². The normalized spacial score (nSPS) is 10.3. The van der Waals surface area contributed by atoms with Crippen molar-refractivity contribution in [2.24, 2.45) is 0 Å². The van der Waals surface area contributed by atoms with Crippen molar-refractivity contribution in [1.82, 2.24) is 25.5 Å². The Morgan fingerprint density at radius 2 is 2.12 bits per heavy atom. The van der Waals surface area contributed by atoms with Crippen molar-refractivity contribution in [1.29, 1.82) is 0 Å². The van der Waals surface area contributed by atoms with Gasteiger partial charge in [-0.15, -0.1) is 5.10 Å². The lowest BCUT2D eigenvalue weighted by Gasteiger charge is -2.04. The number of hydrogen-bond acceptors (Lipinski definition) is 5. The first-order valence-corrected chi connectivity index (χ1v) is 5.41. The molecule has 0 saturated carbocycles. The van der Waals surface area contributed by atoms with E-state index in [2.05, 4.69) is 20.8 Å². The zero-order chi connectivity index (χ0) is 11.6. The van der Waals surface area contributed by atoms with Crippen LogP contribution < -0.4 is 5.32 Å². The van der Waals surface area contributed by atoms with E-state index in [1.165, 1.54) is 11.0 Å². The van der Waals surface area contributed by atoms with Gasteiger partial charge in [0.1, 0.15) is 12.9 Å². The summed E-state index contributed by atoms with van der Waals surface area (Å²) in [5.41, 5.74) is 0. The van der Waals surface area contributed by atoms with Crippen LogP contribution >= 0.6 is 0 Å². The molecule has 7 heteroatoms. The Balaban J connectivity index is 1.98. The molecule has 0 aliphatic heterocycles. The maximum atomic E-state index is 11.3. The highest BCUT2D eigenvalue weighted by atomic mass is 16.2. The molecular weight excluding hydrogens is 210 g/mol. The second-order valence-corrected chi connectivity index (χ2v) is 3.50. The number of hydrogen-bond donors (Lipinski definition) is 2. The van der Waals surface area contributed by atoms with Crippen LogP contribution in [0.4, 0.5) is 0 Å². The van der Waals surface area contributed by atoms with Gasteiger partial charge in [0, 0.05) is 13.2 Å². The first-order valence-electron chi connectivity index (χ1n) is 5.41. The van der Waals surface area contributed by atoms with E-state index in [-0.39, 0.29) is 19.1 Å². The lowest BCUT2D eigenvalue weighted by atomic mass is 10.2. The van der Waals surface area contributed by atoms with Crippen molar-refractivity contribution < 1.29 is 9.90 Å². The van der Waals surface area contributed by atoms with Crippen LogP contribution in [0.25, 0.3) is 0 Å². The van der Waals surface area contributed by atoms with E-state index < -0.39 is 0 Å². The number of carbonyl (C=O) groups is 1. The molecule has 90 valence electrons. The largest absolute Gasteiger partial charge is 0.396 e. The van der Waals surface area contributed by atoms with Gasteiger partial charge in [-0.1, -0.05) is 12.8 Å². The third kappa shape index (κ3) is 5.40. The molecule has 0 radical (unpaired) electrons. The average Bonchev–Trinajstić information content (AvgIpc) is 2.76. The van der Waals surface area contributed by atoms with Crippen LogP contribution in [0.3, 0.4) is 0 Å². The van der Waals surface area contributed by atoms with Gasteiger partial charge in [-0.3, -0.25) is 4.79 Å². The predicted molar refractivity (Wildman–Crippen MR) is 56.4 cm³/mol. The number of unbranched alkanes of at least 4 members (excludes halogenated alkanes) is 3. The van der Waals surface area contributed by atoms with E-state index in [1.807, 2.05) is 0 Å². The van der Waals surface area contributed by atoms with Crippen LogP contribution in [-0.2, 0) is 11.3 Å². The summed E-state index contributed by atoms with van der Waals surface area (Å²) in [4.78, 5) is 11.3. The fraction of sp³-hybridized carbons (Fsp3) is 0.778. The third-order valence-electron chi connectivity index (χ3n) is 2.10. The minimum Gasteiger partial charge on any atom is -0.396 e. The lowest BCUT2D eigenvalue weighted by Crippen LogP contribution is -2.28. The van der Waals surface area contributed by atoms with E-state index in [0.29, 0.717) is 6.54 Å². The second kappa shape index (κ2) is 7.75. The van der Waals surface area contributed by atoms with Gasteiger partial charge in [0.2, 0.25) is 5.91 Å². The monoisotopic (exact) mass is 227 g/mol. The Morgan fingerprint density at radius 3 is 2.81 bits per heavy atom. The molecule has 1 heterocycles. The summed E-state index contributed by atoms with van der Waals surface area (Å²) in [5.74, 6) is -0.0885. The number of aliphatic hydroxyl groups is 1. The highest BCUT2D eigenvalue weighted by molar-refractivity contribution is 5.75. The topological polar surface area (TPSA) is 92.9 Å². The first kappa shape index (κ1) is 12.6. The van der Waals surface area contributed by atoms with Crippen LogP contribution in [-0.4, -0.2) is 44.4 Å². The zero-order valence-corrected chi connectivity index (χ0v) is 9.17. The summed E-state index contributed by atoms with van der Waals surface area (Å²) in [6.45, 7) is 1.06. The van der Waals surface area contributed by atoms with Crippen LogP contribution in [0.2, 0.25) is 0 Å². The van der Waals surface area contributed by atoms with Crippen LogP contribution in [0, 0.1) is 0 Å². The van der Waals surface area contributed by atoms with E-state index in [1.54, 1.807) is 0 Å². The minimum atomic E-state index is -0.0885. The van der Waals surface area contributed by atoms with Gasteiger partial charge in [-0.05, 0) is 23.3 Å². The van der Waals surface area contributed by atoms with E-state index in [0.717, 1.165) is 25.7 Å². The second-order valence-electron chi connectivity index (χ2n) is 3.50. The number of carbonyl (C=O) groups excluding carboxylic acids is 1. The van der Waals surface area contributed by atoms with Crippen molar-refractivity contribution in [2.45, 2.75) is 32.2 Å². The van der Waals surface area contributed by atoms with E-state index >= 15 is 0 Å². The lowest BCUT2D eigenvalue weighted by molar-refractivity contribution is -0.121. The van der Waals surface area contributed by atoms with E-state index in [9.17, 15) is 4.79 Å². The van der Waals surface area contributed by atoms with Crippen LogP contribution in [0.5, 0.6) is 0 Å². The molecule has 0 saturated heterocycles. The molecule has 0 atom stereocenters. The van der Waals surface area contributed by atoms with Crippen molar-refractivity contribution >= 4 is 5.91 Å². The molecule has 1 aromatic rings. The molecule has 7 nitrogen and oxygen atoms in total. The van der Waals surface area contributed by atoms with Gasteiger partial charge in [0.15, 0.2) is 0 Å². The van der Waals surface area contributed by atoms with Gasteiger partial charge >= 0.3 is 0 Å². The maximum Gasteiger partial charge on any atom is 0.241 e. The Labute approximate surface area is 93.8 Å². The smallest absolute Gasteiger partial charge is 0.241 e. The number of nitrogens with one attached hydrogen (secondary N) is 1. The highest BCUT2D eigenvalue weighted by Gasteiger charge is 2.02. The van der Waals surface area contributed by atoms with Gasteiger partial charge < -0.3 is 10.4 Å². The number of tetrazole rings is 1. The molecule has 0 aliphatic rings. The van der Waals surface area contributed by atoms with Crippen molar-refractivity contribution in [3.05, 3.63) is 6.33 Å². The molecule has 16 heavy (non-hydrogen) atoms. The first-order chi connectivity index (χ1) is 7.83. The summed E-state index contributed by atoms with van der Waals surface area (Å²) < 4.78 is 1.38. The molecule has 1 rings (SSSR count). The van der Waals surface area contributed by atoms with Crippen molar-refractivity contribution in [3.63, 3.8) is 0 Å². The summed E-state index contributed by atoms with van der Waals surface area (Å²) in [7, 11) is 0. The third-order valence-corrected chi connectivity index (χ3v) is 2.10. The average molecular weight is 227 g/mol. The molecule has 0 fully saturated rings. The summed E-state index contributed by atoms with van der Waals surface area (Å²) in [6, 6.07) is 0. The molecule has 1 aromatic heterocycles. The SMILES string of the molecule is O=C(Cn1cnnn1)NCCCCCCO. The van der Waals surface area contributed by atoms with Crippen LogP contribution in [0.1, 0.15) is 25.7 Å². The van der Waals surface area contributed by atoms with Gasteiger partial charge in [-0.25, -0.2) is 4.68 Å². The Morgan fingerprint density at radius 1 is 1.31 bits per heavy atom. The summed E-state index contributed by atoms with van der Waals surface area (Å²) in [5, 5.41) is 21.8. The fourth-order valence-electron chi connectivity index (χ4n) is 1.27.